The van der Waals surface area contributed by atoms with Gasteiger partial charge in [0.1, 0.15) is 5.82 Å². The molecule has 2 N–H and O–H groups in total. The van der Waals surface area contributed by atoms with E-state index in [2.05, 4.69) is 63.6 Å². The van der Waals surface area contributed by atoms with Gasteiger partial charge in [-0.05, 0) is 58.3 Å². The molecule has 3 rings (SSSR count). The van der Waals surface area contributed by atoms with Gasteiger partial charge in [-0.15, -0.1) is 0 Å². The summed E-state index contributed by atoms with van der Waals surface area (Å²) in [4.78, 5) is 15.6. The van der Waals surface area contributed by atoms with Crippen LogP contribution in [0.15, 0.2) is 54.9 Å². The Hall–Kier alpha value is -2.99. The van der Waals surface area contributed by atoms with Crippen LogP contribution in [-0.2, 0) is 0 Å². The van der Waals surface area contributed by atoms with Crippen LogP contribution in [0.3, 0.4) is 0 Å². The summed E-state index contributed by atoms with van der Waals surface area (Å²) >= 11 is 0. The van der Waals surface area contributed by atoms with Gasteiger partial charge >= 0.3 is 0 Å². The Morgan fingerprint density at radius 2 is 1.70 bits per heavy atom. The smallest absolute Gasteiger partial charge is 0.225 e. The van der Waals surface area contributed by atoms with Gasteiger partial charge in [-0.1, -0.05) is 17.7 Å². The lowest BCUT2D eigenvalue weighted by Crippen LogP contribution is -2.17. The van der Waals surface area contributed by atoms with Crippen LogP contribution >= 0.6 is 0 Å². The molecule has 0 aliphatic carbocycles. The highest BCUT2D eigenvalue weighted by Crippen LogP contribution is 2.23. The van der Waals surface area contributed by atoms with E-state index in [1.165, 1.54) is 5.56 Å². The van der Waals surface area contributed by atoms with E-state index in [0.717, 1.165) is 42.3 Å². The second-order valence-electron chi connectivity index (χ2n) is 6.77. The molecule has 1 aromatic carbocycles. The quantitative estimate of drug-likeness (QED) is 0.592. The highest BCUT2D eigenvalue weighted by atomic mass is 15.1. The largest absolute Gasteiger partial charge is 0.354 e. The SMILES string of the molecule is Cc1ccc(Nc2cc(-c3ccncc3)nc(NCCCN(C)C)n2)cc1. The van der Waals surface area contributed by atoms with Crippen molar-refractivity contribution in [3.8, 4) is 11.3 Å². The molecule has 0 spiro atoms. The lowest BCUT2D eigenvalue weighted by atomic mass is 10.2. The average molecular weight is 362 g/mol. The van der Waals surface area contributed by atoms with E-state index in [1.54, 1.807) is 12.4 Å². The topological polar surface area (TPSA) is 66.0 Å². The van der Waals surface area contributed by atoms with E-state index in [1.807, 2.05) is 30.3 Å². The third kappa shape index (κ3) is 5.76. The molecule has 0 unspecified atom stereocenters. The van der Waals surface area contributed by atoms with Gasteiger partial charge in [0.05, 0.1) is 5.69 Å². The first-order valence-corrected chi connectivity index (χ1v) is 9.12. The first-order chi connectivity index (χ1) is 13.1. The first kappa shape index (κ1) is 18.8. The van der Waals surface area contributed by atoms with Crippen LogP contribution < -0.4 is 10.6 Å². The van der Waals surface area contributed by atoms with E-state index in [0.29, 0.717) is 5.95 Å². The normalized spacial score (nSPS) is 10.8. The highest BCUT2D eigenvalue weighted by molar-refractivity contribution is 5.67. The Morgan fingerprint density at radius 1 is 0.963 bits per heavy atom. The Bertz CT molecular complexity index is 846. The van der Waals surface area contributed by atoms with Crippen molar-refractivity contribution in [3.05, 3.63) is 60.4 Å². The predicted octanol–water partition coefficient (Wildman–Crippen LogP) is 3.95. The van der Waals surface area contributed by atoms with Gasteiger partial charge in [0, 0.05) is 36.3 Å². The fourth-order valence-electron chi connectivity index (χ4n) is 2.64. The van der Waals surface area contributed by atoms with Crippen molar-refractivity contribution >= 4 is 17.5 Å². The molecule has 0 aliphatic heterocycles. The van der Waals surface area contributed by atoms with Crippen molar-refractivity contribution in [1.29, 1.82) is 0 Å². The van der Waals surface area contributed by atoms with E-state index in [4.69, 9.17) is 0 Å². The molecule has 6 heteroatoms. The van der Waals surface area contributed by atoms with E-state index in [9.17, 15) is 0 Å². The minimum Gasteiger partial charge on any atom is -0.354 e. The second-order valence-corrected chi connectivity index (χ2v) is 6.77. The number of anilines is 3. The lowest BCUT2D eigenvalue weighted by molar-refractivity contribution is 0.405. The van der Waals surface area contributed by atoms with Crippen molar-refractivity contribution in [2.45, 2.75) is 13.3 Å². The van der Waals surface area contributed by atoms with Crippen LogP contribution in [0.1, 0.15) is 12.0 Å². The zero-order chi connectivity index (χ0) is 19.1. The standard InChI is InChI=1S/C21H26N6/c1-16-5-7-18(8-6-16)24-20-15-19(17-9-12-22-13-10-17)25-21(26-20)23-11-4-14-27(2)3/h5-10,12-13,15H,4,11,14H2,1-3H3,(H2,23,24,25,26). The molecule has 3 aromatic rings. The molecule has 0 atom stereocenters. The zero-order valence-electron chi connectivity index (χ0n) is 16.1. The predicted molar refractivity (Wildman–Crippen MR) is 111 cm³/mol. The molecule has 2 heterocycles. The summed E-state index contributed by atoms with van der Waals surface area (Å²) in [5, 5.41) is 6.72. The van der Waals surface area contributed by atoms with E-state index >= 15 is 0 Å². The van der Waals surface area contributed by atoms with Crippen LogP contribution in [0.25, 0.3) is 11.3 Å². The van der Waals surface area contributed by atoms with Crippen molar-refractivity contribution in [3.63, 3.8) is 0 Å². The van der Waals surface area contributed by atoms with Crippen LogP contribution in [0.2, 0.25) is 0 Å². The van der Waals surface area contributed by atoms with Gasteiger partial charge < -0.3 is 15.5 Å². The molecule has 0 saturated carbocycles. The van der Waals surface area contributed by atoms with Crippen molar-refractivity contribution in [2.75, 3.05) is 37.8 Å². The Labute approximate surface area is 160 Å². The second kappa shape index (κ2) is 9.09. The fourth-order valence-corrected chi connectivity index (χ4v) is 2.64. The molecule has 0 saturated heterocycles. The monoisotopic (exact) mass is 362 g/mol. The zero-order valence-corrected chi connectivity index (χ0v) is 16.1. The summed E-state index contributed by atoms with van der Waals surface area (Å²) in [5.41, 5.74) is 4.09. The van der Waals surface area contributed by atoms with Crippen molar-refractivity contribution in [1.82, 2.24) is 19.9 Å². The number of hydrogen-bond donors (Lipinski definition) is 2. The Kier molecular flexibility index (Phi) is 6.33. The average Bonchev–Trinajstić information content (AvgIpc) is 2.67. The molecule has 6 nitrogen and oxygen atoms in total. The van der Waals surface area contributed by atoms with Crippen molar-refractivity contribution < 1.29 is 0 Å². The number of nitrogens with zero attached hydrogens (tertiary/aromatic N) is 4. The third-order valence-electron chi connectivity index (χ3n) is 4.09. The van der Waals surface area contributed by atoms with Crippen LogP contribution in [0.4, 0.5) is 17.5 Å². The van der Waals surface area contributed by atoms with Gasteiger partial charge in [-0.3, -0.25) is 4.98 Å². The Morgan fingerprint density at radius 3 is 2.41 bits per heavy atom. The molecule has 140 valence electrons. The number of rotatable bonds is 8. The van der Waals surface area contributed by atoms with Gasteiger partial charge in [-0.25, -0.2) is 4.98 Å². The Balaban J connectivity index is 1.82. The summed E-state index contributed by atoms with van der Waals surface area (Å²) in [6, 6.07) is 14.1. The number of benzene rings is 1. The molecular weight excluding hydrogens is 336 g/mol. The van der Waals surface area contributed by atoms with Gasteiger partial charge in [-0.2, -0.15) is 4.98 Å². The molecule has 2 aromatic heterocycles. The summed E-state index contributed by atoms with van der Waals surface area (Å²) in [7, 11) is 4.15. The third-order valence-corrected chi connectivity index (χ3v) is 4.09. The maximum Gasteiger partial charge on any atom is 0.225 e. The number of aryl methyl sites for hydroxylation is 1. The molecule has 0 fully saturated rings. The van der Waals surface area contributed by atoms with Crippen LogP contribution in [0.5, 0.6) is 0 Å². The molecule has 27 heavy (non-hydrogen) atoms. The fraction of sp³-hybridized carbons (Fsp3) is 0.286. The lowest BCUT2D eigenvalue weighted by Gasteiger charge is -2.13. The maximum absolute atomic E-state index is 4.67. The minimum atomic E-state index is 0.623. The van der Waals surface area contributed by atoms with Gasteiger partial charge in [0.2, 0.25) is 5.95 Å². The van der Waals surface area contributed by atoms with Crippen LogP contribution in [0, 0.1) is 6.92 Å². The summed E-state index contributed by atoms with van der Waals surface area (Å²) in [6.07, 6.45) is 4.57. The number of hydrogen-bond acceptors (Lipinski definition) is 6. The molecule has 0 aliphatic rings. The highest BCUT2D eigenvalue weighted by Gasteiger charge is 2.07. The molecule has 0 bridgehead atoms. The number of nitrogens with one attached hydrogen (secondary N) is 2. The minimum absolute atomic E-state index is 0.623. The summed E-state index contributed by atoms with van der Waals surface area (Å²) in [5.74, 6) is 1.38. The van der Waals surface area contributed by atoms with Gasteiger partial charge in [0.25, 0.3) is 0 Å². The van der Waals surface area contributed by atoms with E-state index < -0.39 is 0 Å². The van der Waals surface area contributed by atoms with Crippen LogP contribution in [-0.4, -0.2) is 47.0 Å². The van der Waals surface area contributed by atoms with E-state index in [-0.39, 0.29) is 0 Å². The maximum atomic E-state index is 4.67. The number of pyridine rings is 1. The summed E-state index contributed by atoms with van der Waals surface area (Å²) < 4.78 is 0. The molecule has 0 radical (unpaired) electrons. The number of aromatic nitrogens is 3. The first-order valence-electron chi connectivity index (χ1n) is 9.12. The summed E-state index contributed by atoms with van der Waals surface area (Å²) in [6.45, 7) is 3.92. The van der Waals surface area contributed by atoms with Crippen molar-refractivity contribution in [2.24, 2.45) is 0 Å². The molecule has 0 amide bonds. The van der Waals surface area contributed by atoms with Gasteiger partial charge in [0.15, 0.2) is 0 Å². The molecular formula is C21H26N6.